The zero-order valence-corrected chi connectivity index (χ0v) is 12.4. The van der Waals surface area contributed by atoms with Crippen molar-refractivity contribution in [2.45, 2.75) is 58.7 Å². The minimum absolute atomic E-state index is 0.404. The summed E-state index contributed by atoms with van der Waals surface area (Å²) in [6, 6.07) is 1.71. The summed E-state index contributed by atoms with van der Waals surface area (Å²) >= 11 is 0. The molecule has 102 valence electrons. The van der Waals surface area contributed by atoms with Gasteiger partial charge in [-0.3, -0.25) is 4.90 Å². The fraction of sp³-hybridized carbons (Fsp3) is 1.00. The van der Waals surface area contributed by atoms with Gasteiger partial charge in [0.05, 0.1) is 6.61 Å². The van der Waals surface area contributed by atoms with Crippen molar-refractivity contribution in [1.82, 2.24) is 10.2 Å². The van der Waals surface area contributed by atoms with Crippen molar-refractivity contribution in [3.8, 4) is 0 Å². The molecular weight excluding hydrogens is 212 g/mol. The van der Waals surface area contributed by atoms with E-state index in [1.807, 2.05) is 0 Å². The lowest BCUT2D eigenvalue weighted by Crippen LogP contribution is -2.53. The number of ether oxygens (including phenoxy) is 1. The SMILES string of the molecule is CCNC1C(N(C)C(C)COC)CCC1(C)C. The van der Waals surface area contributed by atoms with Crippen molar-refractivity contribution in [1.29, 1.82) is 0 Å². The molecule has 1 fully saturated rings. The van der Waals surface area contributed by atoms with Crippen molar-refractivity contribution in [2.75, 3.05) is 27.3 Å². The van der Waals surface area contributed by atoms with Crippen LogP contribution in [0.5, 0.6) is 0 Å². The number of nitrogens with one attached hydrogen (secondary N) is 1. The molecule has 1 aliphatic rings. The Bertz CT molecular complexity index is 230. The van der Waals surface area contributed by atoms with Gasteiger partial charge in [-0.2, -0.15) is 0 Å². The predicted molar refractivity (Wildman–Crippen MR) is 73.4 cm³/mol. The van der Waals surface area contributed by atoms with Crippen LogP contribution in [-0.2, 0) is 4.74 Å². The van der Waals surface area contributed by atoms with Crippen molar-refractivity contribution in [3.05, 3.63) is 0 Å². The summed E-state index contributed by atoms with van der Waals surface area (Å²) < 4.78 is 5.27. The molecule has 1 N–H and O–H groups in total. The van der Waals surface area contributed by atoms with Gasteiger partial charge >= 0.3 is 0 Å². The molecule has 3 heteroatoms. The van der Waals surface area contributed by atoms with Crippen molar-refractivity contribution in [3.63, 3.8) is 0 Å². The Balaban J connectivity index is 2.69. The van der Waals surface area contributed by atoms with E-state index in [0.717, 1.165) is 13.2 Å². The molecule has 3 unspecified atom stereocenters. The van der Waals surface area contributed by atoms with E-state index in [1.54, 1.807) is 7.11 Å². The highest BCUT2D eigenvalue weighted by molar-refractivity contribution is 5.01. The first-order valence-electron chi connectivity index (χ1n) is 6.88. The summed E-state index contributed by atoms with van der Waals surface area (Å²) in [5, 5.41) is 3.68. The van der Waals surface area contributed by atoms with E-state index in [0.29, 0.717) is 23.5 Å². The first-order valence-corrected chi connectivity index (χ1v) is 6.88. The van der Waals surface area contributed by atoms with E-state index in [4.69, 9.17) is 4.74 Å². The van der Waals surface area contributed by atoms with Gasteiger partial charge in [0, 0.05) is 25.2 Å². The second kappa shape index (κ2) is 6.17. The lowest BCUT2D eigenvalue weighted by molar-refractivity contribution is 0.0738. The highest BCUT2D eigenvalue weighted by Gasteiger charge is 2.43. The Morgan fingerprint density at radius 2 is 2.12 bits per heavy atom. The van der Waals surface area contributed by atoms with Crippen LogP contribution >= 0.6 is 0 Å². The van der Waals surface area contributed by atoms with Gasteiger partial charge in [0.2, 0.25) is 0 Å². The zero-order valence-electron chi connectivity index (χ0n) is 12.4. The molecule has 0 aliphatic heterocycles. The number of rotatable bonds is 6. The molecule has 1 rings (SSSR count). The Morgan fingerprint density at radius 1 is 1.47 bits per heavy atom. The van der Waals surface area contributed by atoms with E-state index in [-0.39, 0.29) is 0 Å². The topological polar surface area (TPSA) is 24.5 Å². The summed E-state index contributed by atoms with van der Waals surface area (Å²) in [6.45, 7) is 11.1. The number of likely N-dealkylation sites (N-methyl/N-ethyl adjacent to an activating group) is 2. The average molecular weight is 242 g/mol. The first-order chi connectivity index (χ1) is 7.94. The Morgan fingerprint density at radius 3 is 2.65 bits per heavy atom. The van der Waals surface area contributed by atoms with E-state index < -0.39 is 0 Å². The number of hydrogen-bond donors (Lipinski definition) is 1. The monoisotopic (exact) mass is 242 g/mol. The second-order valence-electron chi connectivity index (χ2n) is 6.10. The predicted octanol–water partition coefficient (Wildman–Crippen LogP) is 2.12. The molecule has 0 aromatic carbocycles. The third-order valence-corrected chi connectivity index (χ3v) is 4.36. The minimum Gasteiger partial charge on any atom is -0.383 e. The Labute approximate surface area is 107 Å². The molecule has 0 radical (unpaired) electrons. The molecule has 0 heterocycles. The summed E-state index contributed by atoms with van der Waals surface area (Å²) in [7, 11) is 4.02. The molecular formula is C14H30N2O. The van der Waals surface area contributed by atoms with Gasteiger partial charge in [0.1, 0.15) is 0 Å². The van der Waals surface area contributed by atoms with Gasteiger partial charge in [-0.05, 0) is 38.8 Å². The molecule has 1 saturated carbocycles. The number of hydrogen-bond acceptors (Lipinski definition) is 3. The standard InChI is InChI=1S/C14H30N2O/c1-7-15-13-12(8-9-14(13,3)4)16(5)11(2)10-17-6/h11-13,15H,7-10H2,1-6H3. The maximum atomic E-state index is 5.27. The largest absolute Gasteiger partial charge is 0.383 e. The Hall–Kier alpha value is -0.120. The average Bonchev–Trinajstić information content (AvgIpc) is 2.55. The molecule has 17 heavy (non-hydrogen) atoms. The molecule has 0 amide bonds. The van der Waals surface area contributed by atoms with Gasteiger partial charge in [0.15, 0.2) is 0 Å². The lowest BCUT2D eigenvalue weighted by Gasteiger charge is -2.38. The van der Waals surface area contributed by atoms with E-state index in [1.165, 1.54) is 12.8 Å². The van der Waals surface area contributed by atoms with Crippen LogP contribution in [0.4, 0.5) is 0 Å². The van der Waals surface area contributed by atoms with Gasteiger partial charge < -0.3 is 10.1 Å². The maximum absolute atomic E-state index is 5.27. The molecule has 0 aromatic rings. The van der Waals surface area contributed by atoms with Crippen molar-refractivity contribution in [2.24, 2.45) is 5.41 Å². The van der Waals surface area contributed by atoms with Crippen LogP contribution in [-0.4, -0.2) is 50.3 Å². The van der Waals surface area contributed by atoms with Crippen LogP contribution in [0, 0.1) is 5.41 Å². The number of methoxy groups -OCH3 is 1. The smallest absolute Gasteiger partial charge is 0.0615 e. The van der Waals surface area contributed by atoms with Crippen LogP contribution in [0.15, 0.2) is 0 Å². The molecule has 3 atom stereocenters. The van der Waals surface area contributed by atoms with Crippen molar-refractivity contribution >= 4 is 0 Å². The van der Waals surface area contributed by atoms with Crippen LogP contribution in [0.25, 0.3) is 0 Å². The second-order valence-corrected chi connectivity index (χ2v) is 6.10. The highest BCUT2D eigenvalue weighted by atomic mass is 16.5. The molecule has 0 saturated heterocycles. The number of nitrogens with zero attached hydrogens (tertiary/aromatic N) is 1. The van der Waals surface area contributed by atoms with Gasteiger partial charge in [-0.25, -0.2) is 0 Å². The molecule has 3 nitrogen and oxygen atoms in total. The summed E-state index contributed by atoms with van der Waals surface area (Å²) in [5.41, 5.74) is 0.404. The van der Waals surface area contributed by atoms with E-state index >= 15 is 0 Å². The van der Waals surface area contributed by atoms with Gasteiger partial charge in [0.25, 0.3) is 0 Å². The van der Waals surface area contributed by atoms with E-state index in [9.17, 15) is 0 Å². The normalized spacial score (nSPS) is 29.8. The quantitative estimate of drug-likeness (QED) is 0.772. The van der Waals surface area contributed by atoms with Crippen LogP contribution < -0.4 is 5.32 Å². The Kier molecular flexibility index (Phi) is 5.42. The fourth-order valence-corrected chi connectivity index (χ4v) is 3.12. The van der Waals surface area contributed by atoms with Crippen molar-refractivity contribution < 1.29 is 4.74 Å². The first kappa shape index (κ1) is 14.9. The third-order valence-electron chi connectivity index (χ3n) is 4.36. The molecule has 0 aromatic heterocycles. The van der Waals surface area contributed by atoms with Crippen LogP contribution in [0.1, 0.15) is 40.5 Å². The lowest BCUT2D eigenvalue weighted by atomic mass is 9.86. The zero-order chi connectivity index (χ0) is 13.1. The van der Waals surface area contributed by atoms with Crippen LogP contribution in [0.3, 0.4) is 0 Å². The summed E-state index contributed by atoms with van der Waals surface area (Å²) in [4.78, 5) is 2.49. The minimum atomic E-state index is 0.404. The van der Waals surface area contributed by atoms with Crippen LogP contribution in [0.2, 0.25) is 0 Å². The molecule has 0 bridgehead atoms. The maximum Gasteiger partial charge on any atom is 0.0615 e. The summed E-state index contributed by atoms with van der Waals surface area (Å²) in [6.07, 6.45) is 2.59. The third kappa shape index (κ3) is 3.43. The summed E-state index contributed by atoms with van der Waals surface area (Å²) in [5.74, 6) is 0. The van der Waals surface area contributed by atoms with Gasteiger partial charge in [-0.15, -0.1) is 0 Å². The molecule has 1 aliphatic carbocycles. The highest BCUT2D eigenvalue weighted by Crippen LogP contribution is 2.39. The van der Waals surface area contributed by atoms with Gasteiger partial charge in [-0.1, -0.05) is 20.8 Å². The van der Waals surface area contributed by atoms with E-state index in [2.05, 4.69) is 45.0 Å². The fourth-order valence-electron chi connectivity index (χ4n) is 3.12. The molecule has 0 spiro atoms.